The van der Waals surface area contributed by atoms with Crippen LogP contribution in [0.3, 0.4) is 0 Å². The van der Waals surface area contributed by atoms with Crippen LogP contribution in [0.5, 0.6) is 0 Å². The van der Waals surface area contributed by atoms with Crippen LogP contribution in [0.15, 0.2) is 24.3 Å². The summed E-state index contributed by atoms with van der Waals surface area (Å²) in [4.78, 5) is 53.3. The lowest BCUT2D eigenvalue weighted by Gasteiger charge is -2.26. The third-order valence-corrected chi connectivity index (χ3v) is 12.8. The van der Waals surface area contributed by atoms with Gasteiger partial charge in [-0.15, -0.1) is 0 Å². The van der Waals surface area contributed by atoms with Crippen molar-refractivity contribution in [1.82, 2.24) is 4.90 Å². The van der Waals surface area contributed by atoms with E-state index in [4.69, 9.17) is 4.74 Å². The van der Waals surface area contributed by atoms with E-state index in [0.717, 1.165) is 24.0 Å². The normalized spacial score (nSPS) is 13.8. The largest absolute Gasteiger partial charge is 0.454 e. The fourth-order valence-corrected chi connectivity index (χ4v) is 7.31. The summed E-state index contributed by atoms with van der Waals surface area (Å²) in [5.74, 6) is -2.30. The number of hydrogen-bond acceptors (Lipinski definition) is 5. The van der Waals surface area contributed by atoms with Gasteiger partial charge in [0.1, 0.15) is 6.04 Å². The molecule has 11 heteroatoms. The van der Waals surface area contributed by atoms with Crippen molar-refractivity contribution >= 4 is 120 Å². The highest BCUT2D eigenvalue weighted by molar-refractivity contribution is 14.1. The number of halogens is 4. The van der Waals surface area contributed by atoms with Crippen LogP contribution in [0.1, 0.15) is 53.5 Å². The number of benzene rings is 2. The van der Waals surface area contributed by atoms with Crippen molar-refractivity contribution in [1.29, 1.82) is 0 Å². The van der Waals surface area contributed by atoms with Crippen molar-refractivity contribution in [3.8, 4) is 0 Å². The third kappa shape index (κ3) is 6.30. The fourth-order valence-electron chi connectivity index (χ4n) is 3.66. The maximum atomic E-state index is 13.4. The van der Waals surface area contributed by atoms with Crippen molar-refractivity contribution in [3.63, 3.8) is 0 Å². The molecular weight excluding hydrogens is 904 g/mol. The van der Waals surface area contributed by atoms with E-state index < -0.39 is 36.3 Å². The molecule has 7 nitrogen and oxygen atoms in total. The first kappa shape index (κ1) is 29.0. The number of ether oxygens (including phenoxy) is 1. The van der Waals surface area contributed by atoms with Gasteiger partial charge in [0.25, 0.3) is 17.7 Å². The maximum absolute atomic E-state index is 13.4. The molecule has 1 heterocycles. The van der Waals surface area contributed by atoms with E-state index in [1.165, 1.54) is 0 Å². The molecule has 35 heavy (non-hydrogen) atoms. The summed E-state index contributed by atoms with van der Waals surface area (Å²) >= 11 is 8.46. The molecule has 0 bridgehead atoms. The molecule has 0 saturated heterocycles. The SMILES string of the molecule is CCc1ccc(NC(=O)COC(=O)[C@H](CC(C)C)N2C(=O)c3c(I)c(I)c(I)c(I)c3C2=O)cc1. The number of fused-ring (bicyclic) bond motifs is 1. The van der Waals surface area contributed by atoms with Gasteiger partial charge in [0, 0.05) is 20.0 Å². The number of aryl methyl sites for hydroxylation is 1. The number of nitrogens with zero attached hydrogens (tertiary/aromatic N) is 1. The average Bonchev–Trinajstić information content (AvgIpc) is 3.08. The quantitative estimate of drug-likeness (QED) is 0.118. The second kappa shape index (κ2) is 12.3. The summed E-state index contributed by atoms with van der Waals surface area (Å²) in [6.45, 7) is 5.31. The van der Waals surface area contributed by atoms with E-state index in [-0.39, 0.29) is 12.3 Å². The minimum absolute atomic E-state index is 0.00110. The Balaban J connectivity index is 1.79. The fraction of sp³-hybridized carbons (Fsp3) is 0.333. The van der Waals surface area contributed by atoms with E-state index in [0.29, 0.717) is 24.0 Å². The molecule has 2 aromatic rings. The second-order valence-corrected chi connectivity index (χ2v) is 12.7. The van der Waals surface area contributed by atoms with Crippen LogP contribution in [0.4, 0.5) is 5.69 Å². The van der Waals surface area contributed by atoms with Crippen LogP contribution < -0.4 is 5.32 Å². The van der Waals surface area contributed by atoms with Crippen molar-refractivity contribution < 1.29 is 23.9 Å². The minimum atomic E-state index is -1.12. The molecule has 0 fully saturated rings. The topological polar surface area (TPSA) is 92.8 Å². The van der Waals surface area contributed by atoms with Crippen molar-refractivity contribution in [3.05, 3.63) is 55.2 Å². The molecule has 0 aromatic heterocycles. The molecule has 0 unspecified atom stereocenters. The predicted molar refractivity (Wildman–Crippen MR) is 166 cm³/mol. The van der Waals surface area contributed by atoms with Gasteiger partial charge in [-0.25, -0.2) is 4.79 Å². The van der Waals surface area contributed by atoms with Crippen LogP contribution in [-0.2, 0) is 20.7 Å². The van der Waals surface area contributed by atoms with Gasteiger partial charge in [0.2, 0.25) is 0 Å². The molecule has 3 rings (SSSR count). The highest BCUT2D eigenvalue weighted by Gasteiger charge is 2.47. The summed E-state index contributed by atoms with van der Waals surface area (Å²) < 4.78 is 8.45. The summed E-state index contributed by atoms with van der Waals surface area (Å²) in [6, 6.07) is 6.26. The lowest BCUT2D eigenvalue weighted by molar-refractivity contribution is -0.151. The first-order chi connectivity index (χ1) is 16.5. The van der Waals surface area contributed by atoms with Crippen molar-refractivity contribution in [2.24, 2.45) is 5.92 Å². The number of rotatable bonds is 8. The summed E-state index contributed by atoms with van der Waals surface area (Å²) in [7, 11) is 0. The number of hydrogen-bond donors (Lipinski definition) is 1. The van der Waals surface area contributed by atoms with E-state index in [1.54, 1.807) is 12.1 Å². The smallest absolute Gasteiger partial charge is 0.329 e. The number of anilines is 1. The van der Waals surface area contributed by atoms with E-state index >= 15 is 0 Å². The van der Waals surface area contributed by atoms with Crippen LogP contribution in [0, 0.1) is 20.2 Å². The third-order valence-electron chi connectivity index (χ3n) is 5.40. The van der Waals surface area contributed by atoms with Crippen LogP contribution in [-0.4, -0.2) is 41.2 Å². The van der Waals surface area contributed by atoms with Crippen molar-refractivity contribution in [2.75, 3.05) is 11.9 Å². The molecular formula is C24H22I4N2O5. The highest BCUT2D eigenvalue weighted by Crippen LogP contribution is 2.38. The molecule has 1 N–H and O–H groups in total. The maximum Gasteiger partial charge on any atom is 0.329 e. The summed E-state index contributed by atoms with van der Waals surface area (Å²) in [6.07, 6.45) is 1.11. The Kier molecular flexibility index (Phi) is 10.2. The van der Waals surface area contributed by atoms with Gasteiger partial charge in [-0.1, -0.05) is 32.9 Å². The Hall–Kier alpha value is -0.560. The lowest BCUT2D eigenvalue weighted by Crippen LogP contribution is -2.47. The zero-order valence-corrected chi connectivity index (χ0v) is 27.7. The molecule has 186 valence electrons. The molecule has 3 amide bonds. The van der Waals surface area contributed by atoms with Crippen LogP contribution in [0.25, 0.3) is 0 Å². The lowest BCUT2D eigenvalue weighted by atomic mass is 10.0. The van der Waals surface area contributed by atoms with Gasteiger partial charge in [0.15, 0.2) is 6.61 Å². The number of nitrogens with one attached hydrogen (secondary N) is 1. The van der Waals surface area contributed by atoms with E-state index in [1.807, 2.05) is 32.9 Å². The van der Waals surface area contributed by atoms with Crippen LogP contribution >= 0.6 is 90.4 Å². The second-order valence-electron chi connectivity index (χ2n) is 8.34. The Morgan fingerprint density at radius 1 is 0.914 bits per heavy atom. The van der Waals surface area contributed by atoms with Gasteiger partial charge in [-0.3, -0.25) is 19.3 Å². The first-order valence-electron chi connectivity index (χ1n) is 10.8. The van der Waals surface area contributed by atoms with Gasteiger partial charge in [0.05, 0.1) is 11.1 Å². The number of amides is 3. The van der Waals surface area contributed by atoms with Gasteiger partial charge < -0.3 is 10.1 Å². The number of esters is 1. The first-order valence-corrected chi connectivity index (χ1v) is 15.1. The number of imide groups is 1. The highest BCUT2D eigenvalue weighted by atomic mass is 127. The van der Waals surface area contributed by atoms with Gasteiger partial charge in [-0.05, 0) is 127 Å². The standard InChI is InChI=1S/C24H22I4N2O5/c1-4-12-5-7-13(8-6-12)29-15(31)10-35-24(34)14(9-11(2)3)30-22(32)16-17(23(30)33)19(26)21(28)20(27)18(16)25/h5-8,11,14H,4,9-10H2,1-3H3,(H,29,31)/t14-/m0/s1. The van der Waals surface area contributed by atoms with Gasteiger partial charge >= 0.3 is 5.97 Å². The molecule has 0 saturated carbocycles. The summed E-state index contributed by atoms with van der Waals surface area (Å²) in [5, 5.41) is 2.69. The zero-order chi connectivity index (χ0) is 26.0. The van der Waals surface area contributed by atoms with Crippen molar-refractivity contribution in [2.45, 2.75) is 39.7 Å². The van der Waals surface area contributed by atoms with E-state index in [2.05, 4.69) is 95.7 Å². The molecule has 1 atom stereocenters. The molecule has 0 radical (unpaired) electrons. The van der Waals surface area contributed by atoms with Gasteiger partial charge in [-0.2, -0.15) is 0 Å². The Labute approximate surface area is 258 Å². The predicted octanol–water partition coefficient (Wildman–Crippen LogP) is 5.86. The Morgan fingerprint density at radius 3 is 1.89 bits per heavy atom. The summed E-state index contributed by atoms with van der Waals surface area (Å²) in [5.41, 5.74) is 2.37. The Morgan fingerprint density at radius 2 is 1.43 bits per heavy atom. The molecule has 1 aliphatic heterocycles. The zero-order valence-electron chi connectivity index (χ0n) is 19.1. The molecule has 0 aliphatic carbocycles. The number of carbonyl (C=O) groups excluding carboxylic acids is 4. The average molecular weight is 926 g/mol. The number of carbonyl (C=O) groups is 4. The molecule has 2 aromatic carbocycles. The molecule has 0 spiro atoms. The van der Waals surface area contributed by atoms with E-state index in [9.17, 15) is 19.2 Å². The molecule has 1 aliphatic rings. The van der Waals surface area contributed by atoms with Crippen LogP contribution in [0.2, 0.25) is 0 Å². The monoisotopic (exact) mass is 926 g/mol. The minimum Gasteiger partial charge on any atom is -0.454 e. The Bertz CT molecular complexity index is 1150.